The molecule has 1 unspecified atom stereocenters. The summed E-state index contributed by atoms with van der Waals surface area (Å²) in [5.41, 5.74) is 0. The van der Waals surface area contributed by atoms with Crippen molar-refractivity contribution in [3.8, 4) is 6.07 Å². The van der Waals surface area contributed by atoms with Crippen molar-refractivity contribution < 1.29 is 40.5 Å². The van der Waals surface area contributed by atoms with Crippen LogP contribution in [0.25, 0.3) is 0 Å². The van der Waals surface area contributed by atoms with Crippen LogP contribution in [0.3, 0.4) is 0 Å². The summed E-state index contributed by atoms with van der Waals surface area (Å²) in [4.78, 5) is 10.8. The minimum Gasteiger partial charge on any atom is -1.00 e. The standard InChI is InChI=1S/C7H11NO2.Na.H/c1-3-10-7(9)6(2)4-5-8;;/h6H,3-4H2,1-2H3;;/q;+1;-1. The number of rotatable bonds is 3. The zero-order chi connectivity index (χ0) is 7.98. The molecule has 0 saturated carbocycles. The molecule has 0 aromatic rings. The largest absolute Gasteiger partial charge is 1.00 e. The molecule has 0 bridgehead atoms. The smallest absolute Gasteiger partial charge is 1.00 e. The topological polar surface area (TPSA) is 50.1 Å². The number of nitriles is 1. The van der Waals surface area contributed by atoms with Crippen LogP contribution in [-0.2, 0) is 9.53 Å². The summed E-state index contributed by atoms with van der Waals surface area (Å²) in [7, 11) is 0. The minimum atomic E-state index is -0.288. The van der Waals surface area contributed by atoms with E-state index >= 15 is 0 Å². The van der Waals surface area contributed by atoms with E-state index in [4.69, 9.17) is 5.26 Å². The Bertz CT molecular complexity index is 158. The van der Waals surface area contributed by atoms with Gasteiger partial charge in [0.1, 0.15) is 0 Å². The third kappa shape index (κ3) is 6.36. The van der Waals surface area contributed by atoms with Gasteiger partial charge in [-0.25, -0.2) is 0 Å². The van der Waals surface area contributed by atoms with Crippen LogP contribution in [-0.4, -0.2) is 12.6 Å². The van der Waals surface area contributed by atoms with Gasteiger partial charge in [-0.3, -0.25) is 4.79 Å². The summed E-state index contributed by atoms with van der Waals surface area (Å²) in [5, 5.41) is 8.20. The van der Waals surface area contributed by atoms with Crippen molar-refractivity contribution in [2.75, 3.05) is 6.61 Å². The Hall–Kier alpha value is -0.0400. The maximum absolute atomic E-state index is 10.8. The van der Waals surface area contributed by atoms with Gasteiger partial charge in [-0.1, -0.05) is 6.92 Å². The molecule has 11 heavy (non-hydrogen) atoms. The van der Waals surface area contributed by atoms with Gasteiger partial charge in [-0.05, 0) is 6.92 Å². The molecular formula is C7H12NNaO2. The molecule has 0 amide bonds. The van der Waals surface area contributed by atoms with E-state index in [1.54, 1.807) is 13.8 Å². The first-order valence-electron chi connectivity index (χ1n) is 3.26. The molecule has 0 spiro atoms. The molecule has 0 N–H and O–H groups in total. The fourth-order valence-electron chi connectivity index (χ4n) is 0.505. The Balaban J connectivity index is -0.000000405. The third-order valence-corrected chi connectivity index (χ3v) is 1.09. The van der Waals surface area contributed by atoms with Crippen LogP contribution in [0.15, 0.2) is 0 Å². The van der Waals surface area contributed by atoms with Gasteiger partial charge in [0, 0.05) is 6.42 Å². The van der Waals surface area contributed by atoms with Crippen LogP contribution in [0.1, 0.15) is 21.7 Å². The van der Waals surface area contributed by atoms with E-state index in [1.807, 2.05) is 6.07 Å². The number of esters is 1. The molecule has 0 aromatic carbocycles. The summed E-state index contributed by atoms with van der Waals surface area (Å²) in [6, 6.07) is 1.91. The van der Waals surface area contributed by atoms with Crippen molar-refractivity contribution in [2.45, 2.75) is 20.3 Å². The predicted molar refractivity (Wildman–Crippen MR) is 37.1 cm³/mol. The molecule has 0 aliphatic rings. The molecule has 58 valence electrons. The van der Waals surface area contributed by atoms with E-state index in [0.29, 0.717) is 6.61 Å². The van der Waals surface area contributed by atoms with E-state index in [2.05, 4.69) is 4.74 Å². The Morgan fingerprint density at radius 1 is 1.82 bits per heavy atom. The fourth-order valence-corrected chi connectivity index (χ4v) is 0.505. The van der Waals surface area contributed by atoms with Crippen molar-refractivity contribution in [1.29, 1.82) is 5.26 Å². The van der Waals surface area contributed by atoms with Crippen LogP contribution in [0.5, 0.6) is 0 Å². The maximum atomic E-state index is 10.8. The van der Waals surface area contributed by atoms with Crippen LogP contribution >= 0.6 is 0 Å². The number of hydrogen-bond donors (Lipinski definition) is 0. The Morgan fingerprint density at radius 3 is 2.73 bits per heavy atom. The average Bonchev–Trinajstić information content (AvgIpc) is 1.89. The molecule has 1 atom stereocenters. The van der Waals surface area contributed by atoms with E-state index in [9.17, 15) is 4.79 Å². The number of nitrogens with zero attached hydrogens (tertiary/aromatic N) is 1. The van der Waals surface area contributed by atoms with Crippen molar-refractivity contribution in [3.63, 3.8) is 0 Å². The molecule has 0 radical (unpaired) electrons. The minimum absolute atomic E-state index is 0. The van der Waals surface area contributed by atoms with E-state index in [0.717, 1.165) is 0 Å². The van der Waals surface area contributed by atoms with Gasteiger partial charge in [0.25, 0.3) is 0 Å². The van der Waals surface area contributed by atoms with Gasteiger partial charge >= 0.3 is 35.5 Å². The number of hydrogen-bond acceptors (Lipinski definition) is 3. The zero-order valence-electron chi connectivity index (χ0n) is 8.26. The van der Waals surface area contributed by atoms with E-state index in [-0.39, 0.29) is 49.3 Å². The van der Waals surface area contributed by atoms with E-state index in [1.165, 1.54) is 0 Å². The van der Waals surface area contributed by atoms with Crippen molar-refractivity contribution in [3.05, 3.63) is 0 Å². The van der Waals surface area contributed by atoms with Crippen LogP contribution < -0.4 is 29.6 Å². The first-order valence-corrected chi connectivity index (χ1v) is 3.26. The van der Waals surface area contributed by atoms with Crippen LogP contribution in [0, 0.1) is 17.2 Å². The van der Waals surface area contributed by atoms with Crippen LogP contribution in [0.4, 0.5) is 0 Å². The molecule has 0 aliphatic carbocycles. The second kappa shape index (κ2) is 8.06. The predicted octanol–water partition coefficient (Wildman–Crippen LogP) is -1.78. The summed E-state index contributed by atoms with van der Waals surface area (Å²) in [6.45, 7) is 3.81. The van der Waals surface area contributed by atoms with Gasteiger partial charge in [0.15, 0.2) is 0 Å². The Morgan fingerprint density at radius 2 is 2.36 bits per heavy atom. The average molecular weight is 165 g/mol. The summed E-state index contributed by atoms with van der Waals surface area (Å²) < 4.78 is 4.67. The molecule has 3 nitrogen and oxygen atoms in total. The van der Waals surface area contributed by atoms with E-state index < -0.39 is 0 Å². The number of carbonyl (C=O) groups is 1. The maximum Gasteiger partial charge on any atom is 1.00 e. The van der Waals surface area contributed by atoms with Gasteiger partial charge < -0.3 is 6.16 Å². The summed E-state index contributed by atoms with van der Waals surface area (Å²) >= 11 is 0. The molecular weight excluding hydrogens is 153 g/mol. The monoisotopic (exact) mass is 165 g/mol. The van der Waals surface area contributed by atoms with Gasteiger partial charge in [-0.15, -0.1) is 0 Å². The normalized spacial score (nSPS) is 10.6. The van der Waals surface area contributed by atoms with Crippen molar-refractivity contribution >= 4 is 5.97 Å². The Labute approximate surface area is 90.5 Å². The number of carbonyl (C=O) groups excluding carboxylic acids is 1. The van der Waals surface area contributed by atoms with Crippen molar-refractivity contribution in [2.24, 2.45) is 5.92 Å². The second-order valence-corrected chi connectivity index (χ2v) is 2.02. The Kier molecular flexibility index (Phi) is 9.92. The first kappa shape index (κ1) is 13.5. The molecule has 4 heteroatoms. The van der Waals surface area contributed by atoms with Crippen LogP contribution in [0.2, 0.25) is 0 Å². The molecule has 0 heterocycles. The van der Waals surface area contributed by atoms with Gasteiger partial charge in [0.2, 0.25) is 0 Å². The molecule has 0 saturated heterocycles. The molecule has 0 aliphatic heterocycles. The summed E-state index contributed by atoms with van der Waals surface area (Å²) in [6.07, 6.45) is 0.235. The molecule has 0 fully saturated rings. The SMILES string of the molecule is CCOC(=O)C(C)CC#N.[H-].[Na+]. The van der Waals surface area contributed by atoms with Gasteiger partial charge in [0.05, 0.1) is 18.6 Å². The first-order chi connectivity index (χ1) is 4.72. The molecule has 0 aromatic heterocycles. The zero-order valence-corrected chi connectivity index (χ0v) is 9.26. The van der Waals surface area contributed by atoms with Gasteiger partial charge in [-0.2, -0.15) is 5.26 Å². The fraction of sp³-hybridized carbons (Fsp3) is 0.714. The number of ether oxygens (including phenoxy) is 1. The quantitative estimate of drug-likeness (QED) is 0.367. The third-order valence-electron chi connectivity index (χ3n) is 1.09. The second-order valence-electron chi connectivity index (χ2n) is 2.02. The van der Waals surface area contributed by atoms with Crippen molar-refractivity contribution in [1.82, 2.24) is 0 Å². The summed E-state index contributed by atoms with van der Waals surface area (Å²) in [5.74, 6) is -0.575. The molecule has 0 rings (SSSR count).